The van der Waals surface area contributed by atoms with Gasteiger partial charge in [-0.3, -0.25) is 47.9 Å². The Morgan fingerprint density at radius 3 is 1.26 bits per heavy atom. The molecule has 74 heavy (non-hydrogen) atoms. The third kappa shape index (κ3) is 25.7. The van der Waals surface area contributed by atoms with E-state index < -0.39 is 138 Å². The fraction of sp³-hybridized carbons (Fsp3) is 0.646. The summed E-state index contributed by atoms with van der Waals surface area (Å²) in [5.41, 5.74) is 23.3. The van der Waals surface area contributed by atoms with Crippen LogP contribution < -0.4 is 65.5 Å². The summed E-state index contributed by atoms with van der Waals surface area (Å²) in [5.74, 6) is -11.2. The van der Waals surface area contributed by atoms with E-state index in [1.54, 1.807) is 44.2 Å². The molecule has 0 heterocycles. The molecule has 0 saturated carbocycles. The highest BCUT2D eigenvalue weighted by Crippen LogP contribution is 2.11. The van der Waals surface area contributed by atoms with Gasteiger partial charge in [-0.25, -0.2) is 4.79 Å². The van der Waals surface area contributed by atoms with Gasteiger partial charge in [0.15, 0.2) is 0 Å². The molecule has 1 aromatic rings. The van der Waals surface area contributed by atoms with Gasteiger partial charge in [-0.05, 0) is 116 Å². The van der Waals surface area contributed by atoms with Crippen molar-refractivity contribution in [2.75, 3.05) is 19.6 Å². The molecule has 0 aliphatic rings. The van der Waals surface area contributed by atoms with Crippen LogP contribution in [0.25, 0.3) is 0 Å². The van der Waals surface area contributed by atoms with Crippen LogP contribution in [0.1, 0.15) is 117 Å². The number of amides is 8. The zero-order chi connectivity index (χ0) is 55.9. The minimum absolute atomic E-state index is 0.0280. The number of benzene rings is 1. The largest absolute Gasteiger partial charge is 0.481 e. The number of unbranched alkanes of at least 4 members (excludes halogenated alkanes) is 3. The first-order chi connectivity index (χ1) is 34.9. The van der Waals surface area contributed by atoms with Gasteiger partial charge in [-0.15, -0.1) is 0 Å². The highest BCUT2D eigenvalue weighted by atomic mass is 16.4. The van der Waals surface area contributed by atoms with Crippen LogP contribution in [0, 0.1) is 5.92 Å². The number of carbonyl (C=O) groups is 11. The first kappa shape index (κ1) is 65.2. The Hall–Kier alpha value is -6.77. The predicted octanol–water partition coefficient (Wildman–Crippen LogP) is -2.67. The fourth-order valence-electron chi connectivity index (χ4n) is 7.23. The van der Waals surface area contributed by atoms with Crippen LogP contribution in [-0.2, 0) is 59.2 Å². The van der Waals surface area contributed by atoms with Crippen molar-refractivity contribution in [2.24, 2.45) is 28.9 Å². The van der Waals surface area contributed by atoms with E-state index >= 15 is 0 Å². The SMILES string of the molecule is CC(C)[C@H](NC(=O)[C@H](CCCCN)NC(=O)[C@H](C)NC(=O)[C@H](CCCCN)NC(=O)[C@@H](N)CCC(=O)O)C(=O)N[C@@H](CCC(=O)O)C(=O)N[C@@H](C)C(=O)N[C@@H](Cc1ccccc1)C(=O)N[C@@H](CCCCN)C(=O)O. The smallest absolute Gasteiger partial charge is 0.326 e. The Morgan fingerprint density at radius 2 is 0.811 bits per heavy atom. The average Bonchev–Trinajstić information content (AvgIpc) is 3.34. The molecule has 19 N–H and O–H groups in total. The number of rotatable bonds is 38. The molecule has 0 radical (unpaired) electrons. The van der Waals surface area contributed by atoms with E-state index in [-0.39, 0.29) is 45.1 Å². The number of carboxylic acids is 3. The Morgan fingerprint density at radius 1 is 0.432 bits per heavy atom. The summed E-state index contributed by atoms with van der Waals surface area (Å²) < 4.78 is 0. The van der Waals surface area contributed by atoms with E-state index in [9.17, 15) is 63.0 Å². The van der Waals surface area contributed by atoms with Crippen molar-refractivity contribution in [2.45, 2.75) is 172 Å². The van der Waals surface area contributed by atoms with Gasteiger partial charge in [0.2, 0.25) is 47.3 Å². The maximum absolute atomic E-state index is 13.9. The third-order valence-electron chi connectivity index (χ3n) is 11.7. The zero-order valence-corrected chi connectivity index (χ0v) is 42.8. The number of carboxylic acid groups (broad SMARTS) is 3. The first-order valence-corrected chi connectivity index (χ1v) is 24.9. The number of hydrogen-bond donors (Lipinski definition) is 15. The van der Waals surface area contributed by atoms with E-state index in [0.717, 1.165) is 0 Å². The van der Waals surface area contributed by atoms with Crippen molar-refractivity contribution in [3.05, 3.63) is 35.9 Å². The zero-order valence-electron chi connectivity index (χ0n) is 42.8. The van der Waals surface area contributed by atoms with Gasteiger partial charge in [0, 0.05) is 19.3 Å². The van der Waals surface area contributed by atoms with Gasteiger partial charge < -0.3 is 80.8 Å². The van der Waals surface area contributed by atoms with Crippen LogP contribution in [0.15, 0.2) is 30.3 Å². The third-order valence-corrected chi connectivity index (χ3v) is 11.7. The molecule has 0 bridgehead atoms. The number of nitrogens with one attached hydrogen (secondary N) is 8. The Balaban J connectivity index is 3.27. The molecule has 416 valence electrons. The molecule has 26 nitrogen and oxygen atoms in total. The fourth-order valence-corrected chi connectivity index (χ4v) is 7.23. The minimum Gasteiger partial charge on any atom is -0.481 e. The molecule has 0 saturated heterocycles. The topological polar surface area (TPSA) is 449 Å². The monoisotopic (exact) mass is 1050 g/mol. The summed E-state index contributed by atoms with van der Waals surface area (Å²) in [6.07, 6.45) is 1.11. The lowest BCUT2D eigenvalue weighted by atomic mass is 10.0. The minimum atomic E-state index is -1.57. The van der Waals surface area contributed by atoms with E-state index in [1.807, 2.05) is 0 Å². The number of carbonyl (C=O) groups excluding carboxylic acids is 8. The lowest BCUT2D eigenvalue weighted by Crippen LogP contribution is -2.60. The summed E-state index contributed by atoms with van der Waals surface area (Å²) in [7, 11) is 0. The molecule has 8 amide bonds. The molecular formula is C48H80N12O14. The second-order valence-corrected chi connectivity index (χ2v) is 18.3. The van der Waals surface area contributed by atoms with Crippen LogP contribution in [0.5, 0.6) is 0 Å². The van der Waals surface area contributed by atoms with Crippen LogP contribution in [-0.4, -0.2) is 154 Å². The molecule has 0 spiro atoms. The maximum Gasteiger partial charge on any atom is 0.326 e. The number of nitrogens with two attached hydrogens (primary N) is 4. The van der Waals surface area contributed by atoms with Crippen molar-refractivity contribution in [3.63, 3.8) is 0 Å². The van der Waals surface area contributed by atoms with Crippen molar-refractivity contribution < 1.29 is 68.1 Å². The molecule has 0 unspecified atom stereocenters. The van der Waals surface area contributed by atoms with E-state index in [1.165, 1.54) is 13.8 Å². The second kappa shape index (κ2) is 35.4. The van der Waals surface area contributed by atoms with Gasteiger partial charge in [-0.1, -0.05) is 44.2 Å². The average molecular weight is 1050 g/mol. The Kier molecular flexibility index (Phi) is 31.2. The summed E-state index contributed by atoms with van der Waals surface area (Å²) in [6.45, 7) is 6.62. The predicted molar refractivity (Wildman–Crippen MR) is 270 cm³/mol. The van der Waals surface area contributed by atoms with E-state index in [2.05, 4.69) is 42.5 Å². The van der Waals surface area contributed by atoms with Gasteiger partial charge in [0.1, 0.15) is 48.3 Å². The van der Waals surface area contributed by atoms with Crippen LogP contribution >= 0.6 is 0 Å². The van der Waals surface area contributed by atoms with Crippen molar-refractivity contribution >= 4 is 65.2 Å². The molecule has 26 heteroatoms. The van der Waals surface area contributed by atoms with Crippen molar-refractivity contribution in [3.8, 4) is 0 Å². The molecule has 0 aliphatic carbocycles. The molecular weight excluding hydrogens is 969 g/mol. The highest BCUT2D eigenvalue weighted by Gasteiger charge is 2.35. The molecule has 0 aliphatic heterocycles. The summed E-state index contributed by atoms with van der Waals surface area (Å²) in [6, 6.07) is -3.38. The molecule has 1 rings (SSSR count). The molecule has 0 fully saturated rings. The van der Waals surface area contributed by atoms with Crippen molar-refractivity contribution in [1.82, 2.24) is 42.5 Å². The van der Waals surface area contributed by atoms with E-state index in [0.29, 0.717) is 57.2 Å². The van der Waals surface area contributed by atoms with Gasteiger partial charge >= 0.3 is 17.9 Å². The molecule has 9 atom stereocenters. The van der Waals surface area contributed by atoms with Crippen LogP contribution in [0.3, 0.4) is 0 Å². The maximum atomic E-state index is 13.9. The van der Waals surface area contributed by atoms with Gasteiger partial charge in [-0.2, -0.15) is 0 Å². The van der Waals surface area contributed by atoms with Crippen LogP contribution in [0.4, 0.5) is 0 Å². The summed E-state index contributed by atoms with van der Waals surface area (Å²) in [5, 5.41) is 48.3. The lowest BCUT2D eigenvalue weighted by Gasteiger charge is -2.28. The molecule has 0 aromatic heterocycles. The first-order valence-electron chi connectivity index (χ1n) is 24.9. The molecule has 1 aromatic carbocycles. The Bertz CT molecular complexity index is 2010. The number of aliphatic carboxylic acids is 3. The van der Waals surface area contributed by atoms with Crippen LogP contribution in [0.2, 0.25) is 0 Å². The van der Waals surface area contributed by atoms with E-state index in [4.69, 9.17) is 28.0 Å². The normalized spacial score (nSPS) is 14.7. The van der Waals surface area contributed by atoms with Gasteiger partial charge in [0.25, 0.3) is 0 Å². The quantitative estimate of drug-likeness (QED) is 0.0300. The summed E-state index contributed by atoms with van der Waals surface area (Å²) >= 11 is 0. The summed E-state index contributed by atoms with van der Waals surface area (Å²) in [4.78, 5) is 143. The second-order valence-electron chi connectivity index (χ2n) is 18.3. The highest BCUT2D eigenvalue weighted by molar-refractivity contribution is 5.98. The standard InChI is InChI=1S/C48H80N12O14/c1-27(2)39(60-45(70)33(17-9-12-24-50)55-40(65)28(3)53-43(68)32(16-8-11-23-49)56-42(67)31(52)19-21-37(61)62)47(72)57-34(20-22-38(63)64)44(69)54-29(4)41(66)59-36(26-30-14-6-5-7-15-30)46(71)58-35(48(73)74)18-10-13-25-51/h5-7,14-15,27-29,31-36,39H,8-13,16-26,49-52H2,1-4H3,(H,53,68)(H,54,69)(H,55,65)(H,56,67)(H,57,72)(H,58,71)(H,59,66)(H,60,70)(H,61,62)(H,63,64)(H,73,74)/t28-,29-,31-,32-,33-,34-,35-,36-,39-/m0/s1. The van der Waals surface area contributed by atoms with Gasteiger partial charge in [0.05, 0.1) is 6.04 Å². The lowest BCUT2D eigenvalue weighted by molar-refractivity contribution is -0.142. The number of hydrogen-bond acceptors (Lipinski definition) is 15. The van der Waals surface area contributed by atoms with Crippen molar-refractivity contribution in [1.29, 1.82) is 0 Å². The Labute approximate surface area is 431 Å².